The first-order valence-corrected chi connectivity index (χ1v) is 7.51. The van der Waals surface area contributed by atoms with Crippen molar-refractivity contribution < 1.29 is 9.53 Å². The smallest absolute Gasteiger partial charge is 0.151 e. The second-order valence-corrected chi connectivity index (χ2v) is 6.73. The maximum absolute atomic E-state index is 12.9. The minimum atomic E-state index is -0.313. The van der Waals surface area contributed by atoms with E-state index in [4.69, 9.17) is 4.74 Å². The molecule has 0 bridgehead atoms. The van der Waals surface area contributed by atoms with E-state index in [9.17, 15) is 4.79 Å². The summed E-state index contributed by atoms with van der Waals surface area (Å²) in [7, 11) is 1.69. The number of rotatable bonds is 2. The Morgan fingerprint density at radius 3 is 2.79 bits per heavy atom. The molecule has 3 atom stereocenters. The van der Waals surface area contributed by atoms with Crippen LogP contribution in [-0.4, -0.2) is 12.9 Å². The summed E-state index contributed by atoms with van der Waals surface area (Å²) in [4.78, 5) is 12.9. The molecular weight excluding hydrogens is 236 g/mol. The largest absolute Gasteiger partial charge is 0.504 e. The SMILES string of the molecule is CO/C=C1\CC[C@]23CCCC[C@H]2C(=O)[C@]13C=C(C)C. The molecule has 0 amide bonds. The highest BCUT2D eigenvalue weighted by Crippen LogP contribution is 2.74. The molecule has 3 aliphatic rings. The van der Waals surface area contributed by atoms with Crippen molar-refractivity contribution in [1.29, 1.82) is 0 Å². The molecule has 0 radical (unpaired) electrons. The highest BCUT2D eigenvalue weighted by atomic mass is 16.5. The lowest BCUT2D eigenvalue weighted by atomic mass is 9.39. The number of carbonyl (C=O) groups excluding carboxylic acids is 1. The average molecular weight is 260 g/mol. The summed E-state index contributed by atoms with van der Waals surface area (Å²) in [5.41, 5.74) is 2.39. The molecule has 0 aromatic carbocycles. The Bertz CT molecular complexity index is 470. The fourth-order valence-corrected chi connectivity index (χ4v) is 5.10. The zero-order chi connectivity index (χ0) is 13.7. The van der Waals surface area contributed by atoms with Crippen LogP contribution in [0.3, 0.4) is 0 Å². The number of carbonyl (C=O) groups is 1. The zero-order valence-electron chi connectivity index (χ0n) is 12.3. The summed E-state index contributed by atoms with van der Waals surface area (Å²) in [6, 6.07) is 0. The summed E-state index contributed by atoms with van der Waals surface area (Å²) in [6.07, 6.45) is 11.1. The van der Waals surface area contributed by atoms with Gasteiger partial charge in [0.1, 0.15) is 0 Å². The van der Waals surface area contributed by atoms with Gasteiger partial charge in [-0.05, 0) is 45.1 Å². The molecule has 2 nitrogen and oxygen atoms in total. The van der Waals surface area contributed by atoms with E-state index < -0.39 is 0 Å². The summed E-state index contributed by atoms with van der Waals surface area (Å²) in [6.45, 7) is 4.21. The van der Waals surface area contributed by atoms with Crippen LogP contribution in [0.4, 0.5) is 0 Å². The van der Waals surface area contributed by atoms with Crippen molar-refractivity contribution in [1.82, 2.24) is 0 Å². The van der Waals surface area contributed by atoms with Crippen LogP contribution < -0.4 is 0 Å². The molecule has 19 heavy (non-hydrogen) atoms. The number of allylic oxidation sites excluding steroid dienone is 3. The quantitative estimate of drug-likeness (QED) is 0.553. The van der Waals surface area contributed by atoms with Crippen LogP contribution >= 0.6 is 0 Å². The fourth-order valence-electron chi connectivity index (χ4n) is 5.10. The first kappa shape index (κ1) is 13.0. The Morgan fingerprint density at radius 2 is 2.11 bits per heavy atom. The molecule has 0 heterocycles. The van der Waals surface area contributed by atoms with Gasteiger partial charge in [-0.1, -0.05) is 24.5 Å². The third kappa shape index (κ3) is 1.40. The van der Waals surface area contributed by atoms with Crippen LogP contribution in [0.25, 0.3) is 0 Å². The number of Topliss-reactive ketones (excluding diaryl/α,β-unsaturated/α-hetero) is 1. The van der Waals surface area contributed by atoms with E-state index >= 15 is 0 Å². The lowest BCUT2D eigenvalue weighted by molar-refractivity contribution is -0.166. The Hall–Kier alpha value is -1.05. The van der Waals surface area contributed by atoms with Gasteiger partial charge in [0.05, 0.1) is 18.8 Å². The van der Waals surface area contributed by atoms with Crippen molar-refractivity contribution in [2.75, 3.05) is 7.11 Å². The van der Waals surface area contributed by atoms with Crippen LogP contribution in [0, 0.1) is 16.7 Å². The van der Waals surface area contributed by atoms with Gasteiger partial charge in [0, 0.05) is 11.3 Å². The first-order valence-electron chi connectivity index (χ1n) is 7.51. The molecule has 0 N–H and O–H groups in total. The second-order valence-electron chi connectivity index (χ2n) is 6.73. The molecule has 104 valence electrons. The summed E-state index contributed by atoms with van der Waals surface area (Å²) >= 11 is 0. The molecule has 0 saturated heterocycles. The van der Waals surface area contributed by atoms with E-state index in [1.807, 2.05) is 6.26 Å². The van der Waals surface area contributed by atoms with Crippen LogP contribution in [0.15, 0.2) is 23.5 Å². The van der Waals surface area contributed by atoms with Gasteiger partial charge in [-0.3, -0.25) is 4.79 Å². The molecule has 2 heteroatoms. The molecule has 3 aliphatic carbocycles. The Morgan fingerprint density at radius 1 is 1.32 bits per heavy atom. The van der Waals surface area contributed by atoms with Crippen molar-refractivity contribution in [2.24, 2.45) is 16.7 Å². The van der Waals surface area contributed by atoms with Crippen molar-refractivity contribution in [3.63, 3.8) is 0 Å². The van der Waals surface area contributed by atoms with E-state index in [1.54, 1.807) is 7.11 Å². The molecule has 0 aromatic rings. The van der Waals surface area contributed by atoms with Gasteiger partial charge in [-0.15, -0.1) is 0 Å². The van der Waals surface area contributed by atoms with E-state index in [0.29, 0.717) is 11.7 Å². The van der Waals surface area contributed by atoms with Crippen LogP contribution in [0.1, 0.15) is 52.4 Å². The number of hydrogen-bond acceptors (Lipinski definition) is 2. The number of ketones is 1. The van der Waals surface area contributed by atoms with Gasteiger partial charge in [0.15, 0.2) is 5.78 Å². The van der Waals surface area contributed by atoms with E-state index in [1.165, 1.54) is 36.8 Å². The van der Waals surface area contributed by atoms with Gasteiger partial charge in [-0.25, -0.2) is 0 Å². The molecule has 0 unspecified atom stereocenters. The maximum Gasteiger partial charge on any atom is 0.151 e. The molecule has 0 aliphatic heterocycles. The average Bonchev–Trinajstić information content (AvgIpc) is 2.62. The molecule has 1 spiro atoms. The Kier molecular flexibility index (Phi) is 2.88. The van der Waals surface area contributed by atoms with E-state index in [2.05, 4.69) is 19.9 Å². The standard InChI is InChI=1S/C17H24O2/c1-12(2)10-17-13(11-19-3)7-9-16(17)8-5-4-6-14(16)15(17)18/h10-11,14H,4-9H2,1-3H3/b13-11+/t14-,16+,17-/m0/s1. The summed E-state index contributed by atoms with van der Waals surface area (Å²) in [5.74, 6) is 0.786. The minimum absolute atomic E-state index is 0.226. The second kappa shape index (κ2) is 4.22. The Balaban J connectivity index is 2.13. The third-order valence-corrected chi connectivity index (χ3v) is 5.64. The van der Waals surface area contributed by atoms with Gasteiger partial charge in [-0.2, -0.15) is 0 Å². The molecule has 3 rings (SSSR count). The number of methoxy groups -OCH3 is 1. The highest BCUT2D eigenvalue weighted by molar-refractivity contribution is 6.01. The Labute approximate surface area is 115 Å². The normalized spacial score (nSPS) is 42.4. The van der Waals surface area contributed by atoms with E-state index in [-0.39, 0.29) is 10.8 Å². The van der Waals surface area contributed by atoms with Crippen molar-refractivity contribution in [3.05, 3.63) is 23.5 Å². The van der Waals surface area contributed by atoms with Gasteiger partial charge in [0.2, 0.25) is 0 Å². The van der Waals surface area contributed by atoms with Crippen LogP contribution in [0.2, 0.25) is 0 Å². The monoisotopic (exact) mass is 260 g/mol. The van der Waals surface area contributed by atoms with Crippen molar-refractivity contribution >= 4 is 5.78 Å². The van der Waals surface area contributed by atoms with Crippen molar-refractivity contribution in [3.8, 4) is 0 Å². The van der Waals surface area contributed by atoms with E-state index in [0.717, 1.165) is 12.8 Å². The number of hydrogen-bond donors (Lipinski definition) is 0. The predicted molar refractivity (Wildman–Crippen MR) is 75.6 cm³/mol. The third-order valence-electron chi connectivity index (χ3n) is 5.64. The lowest BCUT2D eigenvalue weighted by Gasteiger charge is -2.61. The molecular formula is C17H24O2. The minimum Gasteiger partial charge on any atom is -0.504 e. The van der Waals surface area contributed by atoms with Gasteiger partial charge in [0.25, 0.3) is 0 Å². The zero-order valence-corrected chi connectivity index (χ0v) is 12.3. The predicted octanol–water partition coefficient (Wildman–Crippen LogP) is 4.02. The molecule has 3 fully saturated rings. The summed E-state index contributed by atoms with van der Waals surface area (Å²) in [5, 5.41) is 0. The maximum atomic E-state index is 12.9. The lowest BCUT2D eigenvalue weighted by Crippen LogP contribution is -2.64. The molecule has 3 saturated carbocycles. The topological polar surface area (TPSA) is 26.3 Å². The van der Waals surface area contributed by atoms with Crippen molar-refractivity contribution in [2.45, 2.75) is 52.4 Å². The molecule has 0 aromatic heterocycles. The van der Waals surface area contributed by atoms with Crippen LogP contribution in [0.5, 0.6) is 0 Å². The fraction of sp³-hybridized carbons (Fsp3) is 0.706. The summed E-state index contributed by atoms with van der Waals surface area (Å²) < 4.78 is 5.27. The first-order chi connectivity index (χ1) is 9.08. The van der Waals surface area contributed by atoms with Gasteiger partial charge < -0.3 is 4.74 Å². The van der Waals surface area contributed by atoms with Gasteiger partial charge >= 0.3 is 0 Å². The number of ether oxygens (including phenoxy) is 1. The van der Waals surface area contributed by atoms with Crippen LogP contribution in [-0.2, 0) is 9.53 Å². The highest BCUT2D eigenvalue weighted by Gasteiger charge is 2.74.